The predicted molar refractivity (Wildman–Crippen MR) is 122 cm³/mol. The number of amides is 1. The van der Waals surface area contributed by atoms with Crippen molar-refractivity contribution in [3.05, 3.63) is 42.1 Å². The van der Waals surface area contributed by atoms with Crippen molar-refractivity contribution in [2.45, 2.75) is 38.1 Å². The van der Waals surface area contributed by atoms with E-state index in [1.165, 1.54) is 0 Å². The first-order valence-electron chi connectivity index (χ1n) is 9.33. The Kier molecular flexibility index (Phi) is 9.20. The molecule has 1 heterocycles. The Morgan fingerprint density at radius 1 is 1.21 bits per heavy atom. The van der Waals surface area contributed by atoms with E-state index in [1.807, 2.05) is 25.2 Å². The summed E-state index contributed by atoms with van der Waals surface area (Å²) < 4.78 is 5.56. The van der Waals surface area contributed by atoms with Gasteiger partial charge in [-0.1, -0.05) is 6.07 Å². The van der Waals surface area contributed by atoms with Crippen LogP contribution >= 0.6 is 24.8 Å². The minimum absolute atomic E-state index is 0. The Labute approximate surface area is 184 Å². The van der Waals surface area contributed by atoms with Crippen LogP contribution in [0.25, 0.3) is 11.1 Å². The number of aromatic nitrogens is 1. The van der Waals surface area contributed by atoms with Crippen LogP contribution in [-0.2, 0) is 11.2 Å². The van der Waals surface area contributed by atoms with Crippen LogP contribution in [0.3, 0.4) is 0 Å². The smallest absolute Gasteiger partial charge is 0.223 e. The number of anilines is 1. The number of primary amides is 1. The highest BCUT2D eigenvalue weighted by Crippen LogP contribution is 2.41. The van der Waals surface area contributed by atoms with Crippen LogP contribution in [0, 0.1) is 5.41 Å². The number of halogens is 2. The maximum Gasteiger partial charge on any atom is 0.223 e. The molecule has 0 bridgehead atoms. The Hall–Kier alpha value is -2.02. The molecule has 8 heteroatoms. The van der Waals surface area contributed by atoms with E-state index in [0.717, 1.165) is 48.1 Å². The number of nitrogens with one attached hydrogen (secondary N) is 1. The number of carbonyl (C=O) groups excluding carboxylic acids is 1. The highest BCUT2D eigenvalue weighted by atomic mass is 35.5. The second-order valence-electron chi connectivity index (χ2n) is 7.38. The Morgan fingerprint density at radius 2 is 1.86 bits per heavy atom. The van der Waals surface area contributed by atoms with Crippen molar-refractivity contribution < 1.29 is 9.53 Å². The third-order valence-electron chi connectivity index (χ3n) is 5.80. The summed E-state index contributed by atoms with van der Waals surface area (Å²) in [7, 11) is 3.62. The molecule has 1 aromatic heterocycles. The van der Waals surface area contributed by atoms with Gasteiger partial charge in [-0.15, -0.1) is 24.8 Å². The van der Waals surface area contributed by atoms with E-state index in [4.69, 9.17) is 16.2 Å². The van der Waals surface area contributed by atoms with E-state index in [1.54, 1.807) is 19.4 Å². The van der Waals surface area contributed by atoms with Gasteiger partial charge in [-0.25, -0.2) is 4.98 Å². The van der Waals surface area contributed by atoms with Crippen LogP contribution in [0.4, 0.5) is 5.82 Å². The van der Waals surface area contributed by atoms with E-state index in [0.29, 0.717) is 18.3 Å². The van der Waals surface area contributed by atoms with Gasteiger partial charge < -0.3 is 21.5 Å². The van der Waals surface area contributed by atoms with Crippen molar-refractivity contribution in [1.29, 1.82) is 0 Å². The quantitative estimate of drug-likeness (QED) is 0.638. The molecule has 29 heavy (non-hydrogen) atoms. The Morgan fingerprint density at radius 3 is 2.38 bits per heavy atom. The molecule has 6 nitrogen and oxygen atoms in total. The number of rotatable bonds is 6. The average molecular weight is 441 g/mol. The van der Waals surface area contributed by atoms with E-state index in [9.17, 15) is 4.79 Å². The molecule has 1 aliphatic carbocycles. The fourth-order valence-electron chi connectivity index (χ4n) is 4.01. The molecule has 5 N–H and O–H groups in total. The topological polar surface area (TPSA) is 103 Å². The van der Waals surface area contributed by atoms with E-state index in [2.05, 4.69) is 16.4 Å². The number of hydrogen-bond donors (Lipinski definition) is 3. The normalized spacial score (nSPS) is 20.8. The second-order valence-corrected chi connectivity index (χ2v) is 7.38. The molecule has 0 radical (unpaired) electrons. The molecule has 0 saturated heterocycles. The number of nitrogens with zero attached hydrogens (tertiary/aromatic N) is 1. The molecular weight excluding hydrogens is 411 g/mol. The predicted octanol–water partition coefficient (Wildman–Crippen LogP) is 3.36. The highest BCUT2D eigenvalue weighted by Gasteiger charge is 2.40. The summed E-state index contributed by atoms with van der Waals surface area (Å²) in [6.07, 6.45) is 5.79. The van der Waals surface area contributed by atoms with Gasteiger partial charge in [-0.3, -0.25) is 4.79 Å². The molecule has 160 valence electrons. The molecule has 0 unspecified atom stereocenters. The molecule has 3 rings (SSSR count). The Bertz CT molecular complexity index is 807. The van der Waals surface area contributed by atoms with Gasteiger partial charge in [0.1, 0.15) is 11.6 Å². The first kappa shape index (κ1) is 25.0. The van der Waals surface area contributed by atoms with Crippen molar-refractivity contribution in [2.24, 2.45) is 11.1 Å². The zero-order chi connectivity index (χ0) is 19.4. The SMILES string of the molecule is CNC1CCC(Cc2cc(-c3ccc(N)nc3)ccc2OC)(C(N)=O)CC1.Cl.Cl. The summed E-state index contributed by atoms with van der Waals surface area (Å²) in [6, 6.07) is 10.2. The standard InChI is InChI=1S/C21H28N4O2.2ClH/c1-24-17-7-9-21(10-8-17,20(23)26)12-16-11-14(3-5-18(16)27-2)15-4-6-19(22)25-13-15;;/h3-6,11,13,17,24H,7-10,12H2,1-2H3,(H2,22,25)(H2,23,26);2*1H. The number of nitrogens with two attached hydrogens (primary N) is 2. The highest BCUT2D eigenvalue weighted by molar-refractivity contribution is 5.85. The molecule has 1 amide bonds. The number of benzene rings is 1. The molecule has 0 atom stereocenters. The average Bonchev–Trinajstić information content (AvgIpc) is 2.69. The Balaban J connectivity index is 0.00000210. The number of nitrogen functional groups attached to an aromatic ring is 1. The lowest BCUT2D eigenvalue weighted by atomic mass is 9.68. The summed E-state index contributed by atoms with van der Waals surface area (Å²) in [6.45, 7) is 0. The molecule has 2 aromatic rings. The van der Waals surface area contributed by atoms with Gasteiger partial charge >= 0.3 is 0 Å². The molecule has 0 aliphatic heterocycles. The van der Waals surface area contributed by atoms with Gasteiger partial charge in [0, 0.05) is 17.8 Å². The maximum absolute atomic E-state index is 12.4. The first-order chi connectivity index (χ1) is 13.0. The monoisotopic (exact) mass is 440 g/mol. The fourth-order valence-corrected chi connectivity index (χ4v) is 4.01. The van der Waals surface area contributed by atoms with Gasteiger partial charge in [0.25, 0.3) is 0 Å². The maximum atomic E-state index is 12.4. The lowest BCUT2D eigenvalue weighted by Gasteiger charge is -2.38. The molecule has 1 aliphatic rings. The zero-order valence-corrected chi connectivity index (χ0v) is 18.4. The molecule has 1 aromatic carbocycles. The first-order valence-corrected chi connectivity index (χ1v) is 9.33. The third kappa shape index (κ3) is 5.53. The van der Waals surface area contributed by atoms with Gasteiger partial charge in [-0.05, 0) is 74.5 Å². The van der Waals surface area contributed by atoms with Crippen LogP contribution in [0.15, 0.2) is 36.5 Å². The van der Waals surface area contributed by atoms with Crippen molar-refractivity contribution >= 4 is 36.5 Å². The van der Waals surface area contributed by atoms with Crippen LogP contribution in [0.5, 0.6) is 5.75 Å². The van der Waals surface area contributed by atoms with Crippen molar-refractivity contribution in [2.75, 3.05) is 19.9 Å². The van der Waals surface area contributed by atoms with Crippen molar-refractivity contribution in [3.8, 4) is 16.9 Å². The number of carbonyl (C=O) groups is 1. The van der Waals surface area contributed by atoms with Gasteiger partial charge in [0.2, 0.25) is 5.91 Å². The van der Waals surface area contributed by atoms with E-state index < -0.39 is 5.41 Å². The molecule has 1 saturated carbocycles. The third-order valence-corrected chi connectivity index (χ3v) is 5.80. The van der Waals surface area contributed by atoms with Crippen molar-refractivity contribution in [3.63, 3.8) is 0 Å². The number of ether oxygens (including phenoxy) is 1. The van der Waals surface area contributed by atoms with Crippen LogP contribution in [0.1, 0.15) is 31.2 Å². The van der Waals surface area contributed by atoms with Gasteiger partial charge in [0.15, 0.2) is 0 Å². The zero-order valence-electron chi connectivity index (χ0n) is 16.8. The lowest BCUT2D eigenvalue weighted by Crippen LogP contribution is -2.45. The second kappa shape index (κ2) is 10.7. The van der Waals surface area contributed by atoms with Crippen molar-refractivity contribution in [1.82, 2.24) is 10.3 Å². The summed E-state index contributed by atoms with van der Waals surface area (Å²) in [4.78, 5) is 16.6. The van der Waals surface area contributed by atoms with Crippen LogP contribution < -0.4 is 21.5 Å². The molecule has 1 fully saturated rings. The number of methoxy groups -OCH3 is 1. The van der Waals surface area contributed by atoms with Crippen LogP contribution in [0.2, 0.25) is 0 Å². The summed E-state index contributed by atoms with van der Waals surface area (Å²) in [5.74, 6) is 1.04. The lowest BCUT2D eigenvalue weighted by molar-refractivity contribution is -0.129. The molecule has 0 spiro atoms. The summed E-state index contributed by atoms with van der Waals surface area (Å²) in [5, 5.41) is 3.31. The van der Waals surface area contributed by atoms with Gasteiger partial charge in [0.05, 0.1) is 12.5 Å². The summed E-state index contributed by atoms with van der Waals surface area (Å²) >= 11 is 0. The van der Waals surface area contributed by atoms with E-state index >= 15 is 0 Å². The largest absolute Gasteiger partial charge is 0.496 e. The van der Waals surface area contributed by atoms with Crippen LogP contribution in [-0.4, -0.2) is 31.1 Å². The number of hydrogen-bond acceptors (Lipinski definition) is 5. The minimum Gasteiger partial charge on any atom is -0.496 e. The minimum atomic E-state index is -0.529. The number of pyridine rings is 1. The summed E-state index contributed by atoms with van der Waals surface area (Å²) in [5.41, 5.74) is 14.0. The van der Waals surface area contributed by atoms with Gasteiger partial charge in [-0.2, -0.15) is 0 Å². The molecular formula is C21H30Cl2N4O2. The van der Waals surface area contributed by atoms with E-state index in [-0.39, 0.29) is 30.7 Å². The fraction of sp³-hybridized carbons (Fsp3) is 0.429.